The highest BCUT2D eigenvalue weighted by Gasteiger charge is 2.48. The van der Waals surface area contributed by atoms with Crippen molar-refractivity contribution in [3.05, 3.63) is 24.0 Å². The third-order valence-electron chi connectivity index (χ3n) is 6.80. The lowest BCUT2D eigenvalue weighted by molar-refractivity contribution is -0.135. The molecule has 6 heteroatoms. The number of likely N-dealkylation sites (tertiary alicyclic amines) is 1. The molecule has 6 nitrogen and oxygen atoms in total. The Bertz CT molecular complexity index is 662. The summed E-state index contributed by atoms with van der Waals surface area (Å²) in [5.74, 6) is 1.10. The number of carbonyl (C=O) groups is 1. The van der Waals surface area contributed by atoms with Gasteiger partial charge in [0.2, 0.25) is 5.91 Å². The summed E-state index contributed by atoms with van der Waals surface area (Å²) in [6.45, 7) is 2.06. The van der Waals surface area contributed by atoms with Crippen LogP contribution in [0.1, 0.15) is 63.0 Å². The van der Waals surface area contributed by atoms with E-state index in [9.17, 15) is 9.90 Å². The van der Waals surface area contributed by atoms with Gasteiger partial charge in [0, 0.05) is 6.20 Å². The predicted octanol–water partition coefficient (Wildman–Crippen LogP) is 2.43. The number of ether oxygens (including phenoxy) is 1. The highest BCUT2D eigenvalue weighted by atomic mass is 16.5. The van der Waals surface area contributed by atoms with Crippen molar-refractivity contribution in [1.82, 2.24) is 15.2 Å². The Labute approximate surface area is 161 Å². The van der Waals surface area contributed by atoms with Crippen LogP contribution in [0.3, 0.4) is 0 Å². The van der Waals surface area contributed by atoms with E-state index in [1.807, 2.05) is 12.3 Å². The first kappa shape index (κ1) is 18.7. The molecule has 148 valence electrons. The van der Waals surface area contributed by atoms with Crippen molar-refractivity contribution in [2.24, 2.45) is 5.92 Å². The molecule has 4 rings (SSSR count). The average Bonchev–Trinajstić information content (AvgIpc) is 3.35. The maximum atomic E-state index is 13.6. The van der Waals surface area contributed by atoms with Crippen LogP contribution < -0.4 is 10.1 Å². The van der Waals surface area contributed by atoms with E-state index in [2.05, 4.69) is 15.2 Å². The number of nitrogens with one attached hydrogen (secondary N) is 1. The summed E-state index contributed by atoms with van der Waals surface area (Å²) in [6.07, 6.45) is 11.2. The van der Waals surface area contributed by atoms with Gasteiger partial charge < -0.3 is 15.2 Å². The molecule has 1 aromatic heterocycles. The number of hydrogen-bond donors (Lipinski definition) is 2. The van der Waals surface area contributed by atoms with Gasteiger partial charge in [0.25, 0.3) is 0 Å². The molecule has 0 radical (unpaired) electrons. The molecule has 2 aliphatic carbocycles. The molecule has 1 atom stereocenters. The third kappa shape index (κ3) is 3.57. The number of pyridine rings is 1. The lowest BCUT2D eigenvalue weighted by Gasteiger charge is -2.42. The second-order valence-electron chi connectivity index (χ2n) is 8.43. The molecule has 1 unspecified atom stereocenters. The van der Waals surface area contributed by atoms with Crippen molar-refractivity contribution in [3.8, 4) is 5.75 Å². The average molecular weight is 373 g/mol. The second kappa shape index (κ2) is 7.76. The molecule has 0 spiro atoms. The van der Waals surface area contributed by atoms with Crippen molar-refractivity contribution in [2.45, 2.75) is 69.1 Å². The number of aliphatic hydroxyl groups excluding tert-OH is 1. The molecule has 0 aromatic carbocycles. The summed E-state index contributed by atoms with van der Waals surface area (Å²) in [7, 11) is 1.63. The second-order valence-corrected chi connectivity index (χ2v) is 8.43. The van der Waals surface area contributed by atoms with Gasteiger partial charge in [0.15, 0.2) is 0 Å². The molecular formula is C21H31N3O3. The van der Waals surface area contributed by atoms with Crippen molar-refractivity contribution < 1.29 is 14.6 Å². The standard InChI is InChI=1S/C21H31N3O3/c1-27-18-12-16(13-22-14-18)19(15-10-17(25)11-15)23-20(26)21(6-2-3-7-21)24-8-4-5-9-24/h12-15,17,19,25H,2-11H2,1H3,(H,23,26). The van der Waals surface area contributed by atoms with Crippen molar-refractivity contribution >= 4 is 5.91 Å². The van der Waals surface area contributed by atoms with E-state index in [0.29, 0.717) is 5.75 Å². The highest BCUT2D eigenvalue weighted by molar-refractivity contribution is 5.87. The lowest BCUT2D eigenvalue weighted by Crippen LogP contribution is -2.58. The Hall–Kier alpha value is -1.66. The van der Waals surface area contributed by atoms with Crippen LogP contribution in [0.2, 0.25) is 0 Å². The largest absolute Gasteiger partial charge is 0.495 e. The van der Waals surface area contributed by atoms with Gasteiger partial charge in [-0.1, -0.05) is 12.8 Å². The maximum Gasteiger partial charge on any atom is 0.241 e. The SMILES string of the molecule is COc1cncc(C(NC(=O)C2(N3CCCC3)CCCC2)C2CC(O)C2)c1. The molecule has 2 saturated carbocycles. The highest BCUT2D eigenvalue weighted by Crippen LogP contribution is 2.42. The summed E-state index contributed by atoms with van der Waals surface area (Å²) >= 11 is 0. The van der Waals surface area contributed by atoms with Crippen LogP contribution in [0.4, 0.5) is 0 Å². The Balaban J connectivity index is 1.57. The summed E-state index contributed by atoms with van der Waals surface area (Å²) in [5.41, 5.74) is 0.623. The number of hydrogen-bond acceptors (Lipinski definition) is 5. The normalized spacial score (nSPS) is 28.5. The van der Waals surface area contributed by atoms with Crippen LogP contribution in [-0.2, 0) is 4.79 Å². The molecule has 3 fully saturated rings. The van der Waals surface area contributed by atoms with Crippen LogP contribution in [-0.4, -0.2) is 52.7 Å². The summed E-state index contributed by atoms with van der Waals surface area (Å²) in [4.78, 5) is 20.3. The number of nitrogens with zero attached hydrogens (tertiary/aromatic N) is 2. The monoisotopic (exact) mass is 373 g/mol. The fourth-order valence-electron chi connectivity index (χ4n) is 5.16. The summed E-state index contributed by atoms with van der Waals surface area (Å²) < 4.78 is 5.33. The first-order chi connectivity index (χ1) is 13.1. The van der Waals surface area contributed by atoms with Gasteiger partial charge in [-0.2, -0.15) is 0 Å². The minimum atomic E-state index is -0.344. The van der Waals surface area contributed by atoms with Gasteiger partial charge in [-0.3, -0.25) is 14.7 Å². The van der Waals surface area contributed by atoms with Gasteiger partial charge in [0.1, 0.15) is 11.3 Å². The Morgan fingerprint density at radius 2 is 1.96 bits per heavy atom. The molecule has 0 bridgehead atoms. The van der Waals surface area contributed by atoms with E-state index >= 15 is 0 Å². The van der Waals surface area contributed by atoms with E-state index in [0.717, 1.165) is 57.2 Å². The van der Waals surface area contributed by atoms with Crippen LogP contribution in [0.25, 0.3) is 0 Å². The van der Waals surface area contributed by atoms with Gasteiger partial charge in [0.05, 0.1) is 25.5 Å². The number of rotatable bonds is 6. The predicted molar refractivity (Wildman–Crippen MR) is 102 cm³/mol. The van der Waals surface area contributed by atoms with E-state index < -0.39 is 0 Å². The Morgan fingerprint density at radius 1 is 1.26 bits per heavy atom. The van der Waals surface area contributed by atoms with Gasteiger partial charge >= 0.3 is 0 Å². The summed E-state index contributed by atoms with van der Waals surface area (Å²) in [5, 5.41) is 13.2. The van der Waals surface area contributed by atoms with Gasteiger partial charge in [-0.25, -0.2) is 0 Å². The molecule has 27 heavy (non-hydrogen) atoms. The summed E-state index contributed by atoms with van der Waals surface area (Å²) in [6, 6.07) is 1.84. The number of aromatic nitrogens is 1. The first-order valence-corrected chi connectivity index (χ1v) is 10.4. The number of amides is 1. The van der Waals surface area contributed by atoms with Crippen molar-refractivity contribution in [3.63, 3.8) is 0 Å². The molecule has 2 heterocycles. The fraction of sp³-hybridized carbons (Fsp3) is 0.714. The third-order valence-corrected chi connectivity index (χ3v) is 6.80. The fourth-order valence-corrected chi connectivity index (χ4v) is 5.16. The van der Waals surface area contributed by atoms with Gasteiger partial charge in [-0.05, 0) is 69.2 Å². The van der Waals surface area contributed by atoms with Crippen LogP contribution in [0.15, 0.2) is 18.5 Å². The minimum absolute atomic E-state index is 0.122. The van der Waals surface area contributed by atoms with Crippen molar-refractivity contribution in [2.75, 3.05) is 20.2 Å². The molecule has 1 aliphatic heterocycles. The maximum absolute atomic E-state index is 13.6. The zero-order valence-electron chi connectivity index (χ0n) is 16.2. The van der Waals surface area contributed by atoms with E-state index in [-0.39, 0.29) is 29.5 Å². The van der Waals surface area contributed by atoms with Crippen LogP contribution >= 0.6 is 0 Å². The lowest BCUT2D eigenvalue weighted by atomic mass is 9.75. The van der Waals surface area contributed by atoms with Gasteiger partial charge in [-0.15, -0.1) is 0 Å². The molecule has 1 aromatic rings. The topological polar surface area (TPSA) is 74.7 Å². The minimum Gasteiger partial charge on any atom is -0.495 e. The van der Waals surface area contributed by atoms with E-state index in [1.165, 1.54) is 12.8 Å². The molecular weight excluding hydrogens is 342 g/mol. The smallest absolute Gasteiger partial charge is 0.241 e. The van der Waals surface area contributed by atoms with E-state index in [4.69, 9.17) is 4.74 Å². The van der Waals surface area contributed by atoms with E-state index in [1.54, 1.807) is 13.3 Å². The molecule has 2 N–H and O–H groups in total. The van der Waals surface area contributed by atoms with Crippen LogP contribution in [0.5, 0.6) is 5.75 Å². The molecule has 3 aliphatic rings. The zero-order chi connectivity index (χ0) is 18.9. The zero-order valence-corrected chi connectivity index (χ0v) is 16.2. The first-order valence-electron chi connectivity index (χ1n) is 10.4. The Morgan fingerprint density at radius 3 is 2.59 bits per heavy atom. The number of methoxy groups -OCH3 is 1. The molecule has 1 saturated heterocycles. The molecule has 1 amide bonds. The van der Waals surface area contributed by atoms with Crippen molar-refractivity contribution in [1.29, 1.82) is 0 Å². The quantitative estimate of drug-likeness (QED) is 0.801. The number of aliphatic hydroxyl groups is 1. The number of carbonyl (C=O) groups excluding carboxylic acids is 1. The Kier molecular flexibility index (Phi) is 5.37. The van der Waals surface area contributed by atoms with Crippen LogP contribution in [0, 0.1) is 5.92 Å².